The highest BCUT2D eigenvalue weighted by Gasteiger charge is 2.40. The average Bonchev–Trinajstić information content (AvgIpc) is 3.97. The highest BCUT2D eigenvalue weighted by Crippen LogP contribution is 2.21. The van der Waals surface area contributed by atoms with E-state index in [0.29, 0.717) is 29.7 Å². The number of nitrogens with zero attached hydrogens (tertiary/aromatic N) is 3. The fourth-order valence-electron chi connectivity index (χ4n) is 7.10. The number of hydrogen-bond acceptors (Lipinski definition) is 11. The largest absolute Gasteiger partial charge is 0.508 e. The van der Waals surface area contributed by atoms with Crippen LogP contribution in [0.5, 0.6) is 5.75 Å². The average molecular weight is 889 g/mol. The number of aliphatic imine (C=N–C) groups is 1. The highest BCUT2D eigenvalue weighted by atomic mass is 16.4. The number of guanidine groups is 1. The number of likely N-dealkylation sites (tertiary alicyclic amines) is 1. The molecule has 1 aromatic heterocycles. The van der Waals surface area contributed by atoms with Gasteiger partial charge in [-0.1, -0.05) is 56.3 Å². The fourth-order valence-corrected chi connectivity index (χ4v) is 7.10. The number of aromatic nitrogens is 2. The smallest absolute Gasteiger partial charge is 0.326 e. The first-order valence-corrected chi connectivity index (χ1v) is 21.1. The number of carbonyl (C=O) groups excluding carboxylic acids is 6. The molecule has 0 aliphatic carbocycles. The highest BCUT2D eigenvalue weighted by molar-refractivity contribution is 5.97. The van der Waals surface area contributed by atoms with Crippen LogP contribution in [-0.2, 0) is 52.8 Å². The quantitative estimate of drug-likeness (QED) is 0.0300. The standard InChI is InChI=1S/C43H60N12O9/c1-24(2)35(54-37(58)30(44)11-7-17-48-43(45)46)40(61)51-31(19-27-13-15-29(56)16-14-27)38(59)50-25(3)36(57)52-32(21-28-22-47-23-49-28)41(62)55-18-8-12-34(55)39(60)53-33(42(63)64)20-26-9-5-4-6-10-26/h4-6,9-10,13-16,22-25,30-35,56H,7-8,11-12,17-21,44H2,1-3H3,(H,47,49)(H,50,59)(H,51,61)(H,52,57)(H,53,60)(H,54,58)(H,63,64)(H4,45,46,48). The van der Waals surface area contributed by atoms with Crippen LogP contribution in [0.4, 0.5) is 0 Å². The Labute approximate surface area is 370 Å². The number of hydrogen-bond donors (Lipinski definition) is 11. The Kier molecular flexibility index (Phi) is 18.6. The van der Waals surface area contributed by atoms with Gasteiger partial charge in [-0.3, -0.25) is 33.8 Å². The molecule has 7 atom stereocenters. The lowest BCUT2D eigenvalue weighted by atomic mass is 10.00. The molecule has 0 saturated carbocycles. The van der Waals surface area contributed by atoms with E-state index in [1.807, 2.05) is 0 Å². The number of phenolic OH excluding ortho intramolecular Hbond substituents is 1. The van der Waals surface area contributed by atoms with Gasteiger partial charge in [0.2, 0.25) is 35.4 Å². The van der Waals surface area contributed by atoms with Gasteiger partial charge < -0.3 is 63.9 Å². The molecule has 1 aliphatic rings. The van der Waals surface area contributed by atoms with Crippen LogP contribution in [0.2, 0.25) is 0 Å². The molecule has 2 heterocycles. The number of benzene rings is 2. The molecule has 4 rings (SSSR count). The Hall–Kier alpha value is -7.03. The molecule has 7 unspecified atom stereocenters. The lowest BCUT2D eigenvalue weighted by Gasteiger charge is -2.30. The van der Waals surface area contributed by atoms with E-state index in [1.165, 1.54) is 36.5 Å². The number of phenols is 1. The summed E-state index contributed by atoms with van der Waals surface area (Å²) in [5.74, 6) is -5.90. The third kappa shape index (κ3) is 15.1. The first kappa shape index (κ1) is 49.6. The van der Waals surface area contributed by atoms with Crippen LogP contribution in [0.1, 0.15) is 63.3 Å². The number of H-pyrrole nitrogens is 1. The minimum absolute atomic E-state index is 0.0241. The summed E-state index contributed by atoms with van der Waals surface area (Å²) in [6.07, 6.45) is 4.09. The first-order valence-electron chi connectivity index (χ1n) is 21.1. The van der Waals surface area contributed by atoms with Crippen LogP contribution in [-0.4, -0.2) is 128 Å². The molecular weight excluding hydrogens is 829 g/mol. The first-order chi connectivity index (χ1) is 30.4. The normalized spacial score (nSPS) is 16.3. The van der Waals surface area contributed by atoms with Gasteiger partial charge in [0.1, 0.15) is 42.0 Å². The summed E-state index contributed by atoms with van der Waals surface area (Å²) in [6, 6.07) is 6.56. The summed E-state index contributed by atoms with van der Waals surface area (Å²) in [4.78, 5) is 107. The number of aromatic amines is 1. The van der Waals surface area contributed by atoms with Gasteiger partial charge in [-0.15, -0.1) is 0 Å². The predicted octanol–water partition coefficient (Wildman–Crippen LogP) is -1.30. The van der Waals surface area contributed by atoms with Crippen LogP contribution < -0.4 is 43.8 Å². The summed E-state index contributed by atoms with van der Waals surface area (Å²) in [5, 5.41) is 33.0. The molecule has 3 aromatic rings. The molecule has 21 heteroatoms. The van der Waals surface area contributed by atoms with E-state index < -0.39 is 89.6 Å². The zero-order chi connectivity index (χ0) is 46.9. The number of carboxylic acid groups (broad SMARTS) is 1. The topological polar surface area (TPSA) is 342 Å². The number of amides is 6. The minimum Gasteiger partial charge on any atom is -0.508 e. The zero-order valence-electron chi connectivity index (χ0n) is 36.2. The van der Waals surface area contributed by atoms with E-state index in [-0.39, 0.29) is 56.9 Å². The van der Waals surface area contributed by atoms with Gasteiger partial charge in [-0.05, 0) is 61.8 Å². The fraction of sp³-hybridized carbons (Fsp3) is 0.465. The van der Waals surface area contributed by atoms with Gasteiger partial charge in [0, 0.05) is 44.2 Å². The molecule has 6 amide bonds. The van der Waals surface area contributed by atoms with Gasteiger partial charge >= 0.3 is 5.97 Å². The van der Waals surface area contributed by atoms with Crippen molar-refractivity contribution in [2.45, 2.75) is 108 Å². The maximum absolute atomic E-state index is 14.2. The van der Waals surface area contributed by atoms with Crippen molar-refractivity contribution in [3.8, 4) is 5.75 Å². The molecule has 64 heavy (non-hydrogen) atoms. The predicted molar refractivity (Wildman–Crippen MR) is 235 cm³/mol. The molecule has 0 radical (unpaired) electrons. The third-order valence-corrected chi connectivity index (χ3v) is 10.6. The Morgan fingerprint density at radius 1 is 0.812 bits per heavy atom. The van der Waals surface area contributed by atoms with E-state index in [2.05, 4.69) is 41.5 Å². The summed E-state index contributed by atoms with van der Waals surface area (Å²) in [6.45, 7) is 5.21. The van der Waals surface area contributed by atoms with E-state index >= 15 is 0 Å². The molecule has 1 saturated heterocycles. The van der Waals surface area contributed by atoms with E-state index in [4.69, 9.17) is 17.2 Å². The van der Waals surface area contributed by atoms with Crippen LogP contribution in [0.15, 0.2) is 72.1 Å². The molecule has 21 nitrogen and oxygen atoms in total. The number of nitrogens with one attached hydrogen (secondary N) is 6. The third-order valence-electron chi connectivity index (χ3n) is 10.6. The van der Waals surface area contributed by atoms with Crippen molar-refractivity contribution in [1.29, 1.82) is 0 Å². The van der Waals surface area contributed by atoms with Crippen molar-refractivity contribution in [3.05, 3.63) is 83.9 Å². The van der Waals surface area contributed by atoms with E-state index in [1.54, 1.807) is 56.3 Å². The van der Waals surface area contributed by atoms with Crippen molar-refractivity contribution < 1.29 is 43.8 Å². The van der Waals surface area contributed by atoms with E-state index in [0.717, 1.165) is 0 Å². The summed E-state index contributed by atoms with van der Waals surface area (Å²) >= 11 is 0. The van der Waals surface area contributed by atoms with Crippen molar-refractivity contribution in [2.75, 3.05) is 13.1 Å². The maximum Gasteiger partial charge on any atom is 0.326 e. The summed E-state index contributed by atoms with van der Waals surface area (Å²) in [5.41, 5.74) is 18.5. The Bertz CT molecular complexity index is 2080. The van der Waals surface area contributed by atoms with Gasteiger partial charge in [-0.2, -0.15) is 0 Å². The second-order valence-electron chi connectivity index (χ2n) is 16.1. The molecule has 1 fully saturated rings. The summed E-state index contributed by atoms with van der Waals surface area (Å²) < 4.78 is 0. The molecular formula is C43H60N12O9. The van der Waals surface area contributed by atoms with Gasteiger partial charge in [0.05, 0.1) is 12.4 Å². The number of imidazole rings is 1. The number of aromatic hydroxyl groups is 1. The maximum atomic E-state index is 14.2. The molecule has 14 N–H and O–H groups in total. The monoisotopic (exact) mass is 888 g/mol. The lowest BCUT2D eigenvalue weighted by Crippen LogP contribution is -2.60. The van der Waals surface area contributed by atoms with Gasteiger partial charge in [-0.25, -0.2) is 9.78 Å². The SMILES string of the molecule is CC(NC(=O)C(Cc1ccc(O)cc1)NC(=O)C(NC(=O)C(N)CCCN=C(N)N)C(C)C)C(=O)NC(Cc1cnc[nH]1)C(=O)N1CCCC1C(=O)NC(Cc1ccccc1)C(=O)O. The van der Waals surface area contributed by atoms with Crippen LogP contribution in [0.3, 0.4) is 0 Å². The van der Waals surface area contributed by atoms with Gasteiger partial charge in [0.25, 0.3) is 0 Å². The van der Waals surface area contributed by atoms with Crippen LogP contribution in [0, 0.1) is 5.92 Å². The van der Waals surface area contributed by atoms with E-state index in [9.17, 15) is 43.8 Å². The molecule has 1 aliphatic heterocycles. The molecule has 0 bridgehead atoms. The Morgan fingerprint density at radius 3 is 2.09 bits per heavy atom. The van der Waals surface area contributed by atoms with Crippen molar-refractivity contribution >= 4 is 47.4 Å². The number of carbonyl (C=O) groups is 7. The van der Waals surface area contributed by atoms with Crippen LogP contribution in [0.25, 0.3) is 0 Å². The number of rotatable bonds is 23. The second kappa shape index (κ2) is 24.0. The van der Waals surface area contributed by atoms with Gasteiger partial charge in [0.15, 0.2) is 5.96 Å². The lowest BCUT2D eigenvalue weighted by molar-refractivity contribution is -0.145. The number of aliphatic carboxylic acids is 1. The Balaban J connectivity index is 1.47. The number of carboxylic acids is 1. The second-order valence-corrected chi connectivity index (χ2v) is 16.1. The van der Waals surface area contributed by atoms with Crippen molar-refractivity contribution in [2.24, 2.45) is 28.1 Å². The van der Waals surface area contributed by atoms with Crippen molar-refractivity contribution in [3.63, 3.8) is 0 Å². The zero-order valence-corrected chi connectivity index (χ0v) is 36.2. The molecule has 0 spiro atoms. The molecule has 346 valence electrons. The van der Waals surface area contributed by atoms with Crippen molar-refractivity contribution in [1.82, 2.24) is 41.5 Å². The number of nitrogens with two attached hydrogens (primary N) is 3. The summed E-state index contributed by atoms with van der Waals surface area (Å²) in [7, 11) is 0. The Morgan fingerprint density at radius 2 is 1.47 bits per heavy atom. The minimum atomic E-state index is -1.29. The molecule has 2 aromatic carbocycles. The van der Waals surface area contributed by atoms with Crippen LogP contribution >= 0.6 is 0 Å².